The first kappa shape index (κ1) is 16.3. The van der Waals surface area contributed by atoms with Gasteiger partial charge in [-0.3, -0.25) is 4.79 Å². The summed E-state index contributed by atoms with van der Waals surface area (Å²) in [6.45, 7) is 8.20. The highest BCUT2D eigenvalue weighted by Crippen LogP contribution is 2.29. The first-order valence-corrected chi connectivity index (χ1v) is 6.78. The van der Waals surface area contributed by atoms with Gasteiger partial charge >= 0.3 is 5.97 Å². The van der Waals surface area contributed by atoms with Crippen LogP contribution in [-0.4, -0.2) is 26.2 Å². The Morgan fingerprint density at radius 1 is 1.15 bits per heavy atom. The van der Waals surface area contributed by atoms with Gasteiger partial charge in [-0.05, 0) is 36.6 Å². The Morgan fingerprint density at radius 2 is 1.70 bits per heavy atom. The maximum atomic E-state index is 11.8. The van der Waals surface area contributed by atoms with Crippen LogP contribution in [-0.2, 0) is 9.53 Å². The van der Waals surface area contributed by atoms with Gasteiger partial charge < -0.3 is 14.8 Å². The molecule has 0 aliphatic rings. The van der Waals surface area contributed by atoms with Crippen LogP contribution in [0.15, 0.2) is 24.3 Å². The van der Waals surface area contributed by atoms with E-state index in [-0.39, 0.29) is 23.3 Å². The summed E-state index contributed by atoms with van der Waals surface area (Å²) in [7, 11) is 3.06. The van der Waals surface area contributed by atoms with E-state index in [1.807, 2.05) is 31.2 Å². The summed E-state index contributed by atoms with van der Waals surface area (Å²) in [4.78, 5) is 11.8. The molecule has 4 nitrogen and oxygen atoms in total. The van der Waals surface area contributed by atoms with E-state index in [2.05, 4.69) is 26.1 Å². The lowest BCUT2D eigenvalue weighted by atomic mass is 9.79. The number of benzene rings is 1. The van der Waals surface area contributed by atoms with Crippen molar-refractivity contribution >= 4 is 11.7 Å². The fourth-order valence-corrected chi connectivity index (χ4v) is 2.28. The molecule has 0 saturated carbocycles. The molecule has 0 amide bonds. The van der Waals surface area contributed by atoms with E-state index < -0.39 is 0 Å². The second-order valence-electron chi connectivity index (χ2n) is 6.03. The van der Waals surface area contributed by atoms with Crippen molar-refractivity contribution in [3.63, 3.8) is 0 Å². The molecule has 0 aromatic heterocycles. The van der Waals surface area contributed by atoms with Crippen molar-refractivity contribution in [3.05, 3.63) is 24.3 Å². The van der Waals surface area contributed by atoms with Gasteiger partial charge in [-0.2, -0.15) is 0 Å². The van der Waals surface area contributed by atoms with Crippen molar-refractivity contribution in [2.24, 2.45) is 11.3 Å². The minimum Gasteiger partial charge on any atom is -0.497 e. The first-order valence-electron chi connectivity index (χ1n) is 6.78. The summed E-state index contributed by atoms with van der Waals surface area (Å²) in [5, 5.41) is 3.43. The molecule has 0 unspecified atom stereocenters. The normalized spacial score (nSPS) is 14.3. The first-order chi connectivity index (χ1) is 9.29. The molecule has 0 aliphatic carbocycles. The topological polar surface area (TPSA) is 47.6 Å². The highest BCUT2D eigenvalue weighted by atomic mass is 16.5. The zero-order valence-corrected chi connectivity index (χ0v) is 13.2. The number of rotatable bonds is 5. The number of anilines is 1. The summed E-state index contributed by atoms with van der Waals surface area (Å²) < 4.78 is 10.0. The number of hydrogen-bond donors (Lipinski definition) is 1. The van der Waals surface area contributed by atoms with Crippen molar-refractivity contribution in [1.82, 2.24) is 0 Å². The Morgan fingerprint density at radius 3 is 2.10 bits per heavy atom. The lowest BCUT2D eigenvalue weighted by Crippen LogP contribution is -2.43. The number of esters is 1. The predicted molar refractivity (Wildman–Crippen MR) is 81.0 cm³/mol. The van der Waals surface area contributed by atoms with Crippen LogP contribution in [0.5, 0.6) is 5.75 Å². The molecule has 0 radical (unpaired) electrons. The molecule has 4 heteroatoms. The minimum atomic E-state index is -0.234. The molecule has 1 aromatic carbocycles. The molecule has 112 valence electrons. The maximum absolute atomic E-state index is 11.8. The lowest BCUT2D eigenvalue weighted by molar-refractivity contribution is -0.146. The van der Waals surface area contributed by atoms with Crippen molar-refractivity contribution < 1.29 is 14.3 Å². The van der Waals surface area contributed by atoms with E-state index in [1.165, 1.54) is 7.11 Å². The molecule has 1 aromatic rings. The Hall–Kier alpha value is -1.71. The third-order valence-electron chi connectivity index (χ3n) is 3.42. The predicted octanol–water partition coefficient (Wildman–Crippen LogP) is 3.33. The van der Waals surface area contributed by atoms with Gasteiger partial charge in [-0.15, -0.1) is 0 Å². The van der Waals surface area contributed by atoms with Crippen LogP contribution in [0.4, 0.5) is 5.69 Å². The lowest BCUT2D eigenvalue weighted by Gasteiger charge is -2.35. The smallest absolute Gasteiger partial charge is 0.310 e. The van der Waals surface area contributed by atoms with E-state index in [0.717, 1.165) is 11.4 Å². The third-order valence-corrected chi connectivity index (χ3v) is 3.42. The Kier molecular flexibility index (Phi) is 5.43. The van der Waals surface area contributed by atoms with Crippen LogP contribution < -0.4 is 10.1 Å². The minimum absolute atomic E-state index is 0.0247. The molecule has 0 spiro atoms. The molecule has 20 heavy (non-hydrogen) atoms. The summed E-state index contributed by atoms with van der Waals surface area (Å²) in [6, 6.07) is 7.65. The Balaban J connectivity index is 2.92. The number of carbonyl (C=O) groups is 1. The summed E-state index contributed by atoms with van der Waals surface area (Å²) in [5.74, 6) is 0.372. The summed E-state index contributed by atoms with van der Waals surface area (Å²) in [5.41, 5.74) is 0.884. The molecule has 0 saturated heterocycles. The van der Waals surface area contributed by atoms with Gasteiger partial charge in [0.15, 0.2) is 0 Å². The fraction of sp³-hybridized carbons (Fsp3) is 0.562. The van der Waals surface area contributed by atoms with Crippen LogP contribution in [0, 0.1) is 11.3 Å². The number of hydrogen-bond acceptors (Lipinski definition) is 4. The monoisotopic (exact) mass is 279 g/mol. The number of methoxy groups -OCH3 is 2. The summed E-state index contributed by atoms with van der Waals surface area (Å²) in [6.07, 6.45) is 0. The zero-order chi connectivity index (χ0) is 15.3. The highest BCUT2D eigenvalue weighted by Gasteiger charge is 2.34. The molecular formula is C16H25NO3. The van der Waals surface area contributed by atoms with Gasteiger partial charge in [0, 0.05) is 11.7 Å². The fourth-order valence-electron chi connectivity index (χ4n) is 2.28. The largest absolute Gasteiger partial charge is 0.497 e. The molecule has 0 heterocycles. The number of nitrogens with one attached hydrogen (secondary N) is 1. The molecule has 0 aliphatic heterocycles. The van der Waals surface area contributed by atoms with Crippen molar-refractivity contribution in [3.8, 4) is 5.75 Å². The van der Waals surface area contributed by atoms with E-state index in [9.17, 15) is 4.79 Å². The quantitative estimate of drug-likeness (QED) is 0.840. The SMILES string of the molecule is COC(=O)[C@H](C)[C@H](Nc1ccc(OC)cc1)C(C)(C)C. The molecule has 0 bridgehead atoms. The van der Waals surface area contributed by atoms with Gasteiger partial charge in [-0.25, -0.2) is 0 Å². The van der Waals surface area contributed by atoms with E-state index in [4.69, 9.17) is 9.47 Å². The van der Waals surface area contributed by atoms with Crippen LogP contribution in [0.25, 0.3) is 0 Å². The van der Waals surface area contributed by atoms with Crippen molar-refractivity contribution in [1.29, 1.82) is 0 Å². The van der Waals surface area contributed by atoms with Gasteiger partial charge in [0.1, 0.15) is 5.75 Å². The van der Waals surface area contributed by atoms with E-state index in [1.54, 1.807) is 7.11 Å². The number of ether oxygens (including phenoxy) is 2. The Bertz CT molecular complexity index is 434. The number of carbonyl (C=O) groups excluding carboxylic acids is 1. The van der Waals surface area contributed by atoms with Gasteiger partial charge in [0.05, 0.1) is 20.1 Å². The van der Waals surface area contributed by atoms with Crippen LogP contribution in [0.1, 0.15) is 27.7 Å². The van der Waals surface area contributed by atoms with Crippen LogP contribution in [0.2, 0.25) is 0 Å². The summed E-state index contributed by atoms with van der Waals surface area (Å²) >= 11 is 0. The standard InChI is InChI=1S/C16H25NO3/c1-11(15(18)20-6)14(16(2,3)4)17-12-7-9-13(19-5)10-8-12/h7-11,14,17H,1-6H3/t11-,14+/m1/s1. The molecule has 1 rings (SSSR count). The molecular weight excluding hydrogens is 254 g/mol. The van der Waals surface area contributed by atoms with Gasteiger partial charge in [0.25, 0.3) is 0 Å². The van der Waals surface area contributed by atoms with E-state index >= 15 is 0 Å². The second kappa shape index (κ2) is 6.64. The molecule has 1 N–H and O–H groups in total. The average molecular weight is 279 g/mol. The second-order valence-corrected chi connectivity index (χ2v) is 6.03. The van der Waals surface area contributed by atoms with Gasteiger partial charge in [0.2, 0.25) is 0 Å². The Labute approximate surface area is 121 Å². The zero-order valence-electron chi connectivity index (χ0n) is 13.2. The average Bonchev–Trinajstić information content (AvgIpc) is 2.42. The maximum Gasteiger partial charge on any atom is 0.310 e. The van der Waals surface area contributed by atoms with Crippen LogP contribution in [0.3, 0.4) is 0 Å². The van der Waals surface area contributed by atoms with Crippen molar-refractivity contribution in [2.75, 3.05) is 19.5 Å². The van der Waals surface area contributed by atoms with E-state index in [0.29, 0.717) is 0 Å². The van der Waals surface area contributed by atoms with Crippen molar-refractivity contribution in [2.45, 2.75) is 33.7 Å². The molecule has 2 atom stereocenters. The third kappa shape index (κ3) is 4.15. The molecule has 0 fully saturated rings. The highest BCUT2D eigenvalue weighted by molar-refractivity contribution is 5.73. The van der Waals surface area contributed by atoms with Crippen LogP contribution >= 0.6 is 0 Å². The van der Waals surface area contributed by atoms with Gasteiger partial charge in [-0.1, -0.05) is 20.8 Å².